The monoisotopic (exact) mass is 401 g/mol. The number of piperidine rings is 2. The molecule has 2 aromatic carbocycles. The molecule has 2 aromatic rings. The molecule has 0 radical (unpaired) electrons. The van der Waals surface area contributed by atoms with Gasteiger partial charge in [0, 0.05) is 30.0 Å². The van der Waals surface area contributed by atoms with E-state index < -0.39 is 0 Å². The summed E-state index contributed by atoms with van der Waals surface area (Å²) in [6.45, 7) is 0.295. The number of ketones is 1. The second-order valence-electron chi connectivity index (χ2n) is 8.76. The Morgan fingerprint density at radius 3 is 2.37 bits per heavy atom. The lowest BCUT2D eigenvalue weighted by Gasteiger charge is -2.47. The van der Waals surface area contributed by atoms with Crippen molar-refractivity contribution in [3.63, 3.8) is 0 Å². The summed E-state index contributed by atoms with van der Waals surface area (Å²) in [6.07, 6.45) is 7.11. The van der Waals surface area contributed by atoms with Crippen LogP contribution < -0.4 is 0 Å². The number of hydrogen-bond acceptors (Lipinski definition) is 3. The molecule has 154 valence electrons. The zero-order chi connectivity index (χ0) is 20.5. The topological polar surface area (TPSA) is 46.6 Å². The van der Waals surface area contributed by atoms with Crippen molar-refractivity contribution < 1.29 is 14.3 Å². The Morgan fingerprint density at radius 2 is 1.63 bits per heavy atom. The Bertz CT molecular complexity index is 967. The van der Waals surface area contributed by atoms with E-state index in [1.807, 2.05) is 47.4 Å². The van der Waals surface area contributed by atoms with Crippen LogP contribution in [0.1, 0.15) is 48.8 Å². The van der Waals surface area contributed by atoms with Gasteiger partial charge in [-0.1, -0.05) is 54.6 Å². The zero-order valence-corrected chi connectivity index (χ0v) is 17.1. The van der Waals surface area contributed by atoms with E-state index in [1.54, 1.807) is 0 Å². The lowest BCUT2D eigenvalue weighted by atomic mass is 9.75. The van der Waals surface area contributed by atoms with Crippen LogP contribution in [-0.2, 0) is 22.6 Å². The number of hydrogen-bond donors (Lipinski definition) is 0. The molecule has 2 saturated heterocycles. The second-order valence-corrected chi connectivity index (χ2v) is 8.76. The first-order valence-corrected chi connectivity index (χ1v) is 11.0. The molecule has 5 rings (SSSR count). The summed E-state index contributed by atoms with van der Waals surface area (Å²) in [6, 6.07) is 18.2. The van der Waals surface area contributed by atoms with E-state index in [0.717, 1.165) is 49.7 Å². The van der Waals surface area contributed by atoms with Gasteiger partial charge in [-0.2, -0.15) is 0 Å². The Balaban J connectivity index is 1.25. The molecule has 2 fully saturated rings. The standard InChI is InChI=1S/C26H27NO3/c28-25(21-13-19-9-4-5-10-20(19)14-21)22-15-23-11-6-12-24(16-22)27(23)26(29)30-17-18-7-2-1-3-8-18/h1-5,7-10,13,22-24H,6,11-12,14-17H2. The van der Waals surface area contributed by atoms with Gasteiger partial charge in [-0.25, -0.2) is 4.79 Å². The quantitative estimate of drug-likeness (QED) is 0.710. The van der Waals surface area contributed by atoms with Crippen LogP contribution >= 0.6 is 0 Å². The number of nitrogens with zero attached hydrogens (tertiary/aromatic N) is 1. The van der Waals surface area contributed by atoms with Crippen LogP contribution in [0.2, 0.25) is 0 Å². The SMILES string of the molecule is O=C(C1=Cc2ccccc2C1)C1CC2CCCC(C1)N2C(=O)OCc1ccccc1. The first-order chi connectivity index (χ1) is 14.7. The van der Waals surface area contributed by atoms with Gasteiger partial charge in [0.15, 0.2) is 5.78 Å². The summed E-state index contributed by atoms with van der Waals surface area (Å²) < 4.78 is 5.63. The highest BCUT2D eigenvalue weighted by atomic mass is 16.6. The van der Waals surface area contributed by atoms with Crippen molar-refractivity contribution in [1.82, 2.24) is 4.90 Å². The number of allylic oxidation sites excluding steroid dienone is 1. The molecule has 4 heteroatoms. The van der Waals surface area contributed by atoms with E-state index in [-0.39, 0.29) is 29.9 Å². The zero-order valence-electron chi connectivity index (χ0n) is 17.1. The van der Waals surface area contributed by atoms with Crippen LogP contribution in [0.15, 0.2) is 60.2 Å². The van der Waals surface area contributed by atoms with Crippen LogP contribution in [0.25, 0.3) is 6.08 Å². The van der Waals surface area contributed by atoms with Crippen molar-refractivity contribution in [2.75, 3.05) is 0 Å². The maximum Gasteiger partial charge on any atom is 0.410 e. The van der Waals surface area contributed by atoms with E-state index in [4.69, 9.17) is 4.74 Å². The number of amides is 1. The minimum atomic E-state index is -0.230. The maximum atomic E-state index is 13.3. The fourth-order valence-corrected chi connectivity index (χ4v) is 5.39. The molecular weight excluding hydrogens is 374 g/mol. The fourth-order valence-electron chi connectivity index (χ4n) is 5.39. The Labute approximate surface area is 177 Å². The van der Waals surface area contributed by atoms with Crippen molar-refractivity contribution in [2.24, 2.45) is 5.92 Å². The highest BCUT2D eigenvalue weighted by Crippen LogP contribution is 2.40. The normalized spacial score (nSPS) is 24.7. The summed E-state index contributed by atoms with van der Waals surface area (Å²) in [7, 11) is 0. The molecule has 2 aliphatic heterocycles. The van der Waals surface area contributed by atoms with Crippen LogP contribution in [0.3, 0.4) is 0 Å². The van der Waals surface area contributed by atoms with Crippen molar-refractivity contribution in [2.45, 2.75) is 57.2 Å². The maximum absolute atomic E-state index is 13.3. The van der Waals surface area contributed by atoms with Gasteiger partial charge in [-0.15, -0.1) is 0 Å². The third-order valence-corrected chi connectivity index (χ3v) is 6.84. The van der Waals surface area contributed by atoms with Gasteiger partial charge in [0.05, 0.1) is 0 Å². The summed E-state index contributed by atoms with van der Waals surface area (Å²) in [5, 5.41) is 0. The molecule has 0 aromatic heterocycles. The summed E-state index contributed by atoms with van der Waals surface area (Å²) in [4.78, 5) is 28.1. The Hall–Kier alpha value is -2.88. The highest BCUT2D eigenvalue weighted by Gasteiger charge is 2.44. The van der Waals surface area contributed by atoms with Crippen LogP contribution in [0.5, 0.6) is 0 Å². The molecular formula is C26H27NO3. The van der Waals surface area contributed by atoms with Crippen molar-refractivity contribution in [3.05, 3.63) is 76.9 Å². The smallest absolute Gasteiger partial charge is 0.410 e. The number of ether oxygens (including phenoxy) is 1. The minimum Gasteiger partial charge on any atom is -0.445 e. The van der Waals surface area contributed by atoms with Gasteiger partial charge in [-0.3, -0.25) is 4.79 Å². The number of fused-ring (bicyclic) bond motifs is 3. The molecule has 30 heavy (non-hydrogen) atoms. The van der Waals surface area contributed by atoms with E-state index in [9.17, 15) is 9.59 Å². The summed E-state index contributed by atoms with van der Waals surface area (Å²) in [5.74, 6) is 0.291. The number of Topliss-reactive ketones (excluding diaryl/α,β-unsaturated/α-hetero) is 1. The Kier molecular flexibility index (Phi) is 5.16. The molecule has 4 nitrogen and oxygen atoms in total. The average molecular weight is 402 g/mol. The van der Waals surface area contributed by atoms with E-state index in [0.29, 0.717) is 6.61 Å². The van der Waals surface area contributed by atoms with Gasteiger partial charge in [0.25, 0.3) is 0 Å². The van der Waals surface area contributed by atoms with Gasteiger partial charge >= 0.3 is 6.09 Å². The predicted octanol–water partition coefficient (Wildman–Crippen LogP) is 5.17. The Morgan fingerprint density at radius 1 is 0.933 bits per heavy atom. The third kappa shape index (κ3) is 3.67. The first-order valence-electron chi connectivity index (χ1n) is 11.0. The molecule has 2 atom stereocenters. The highest BCUT2D eigenvalue weighted by molar-refractivity contribution is 6.03. The lowest BCUT2D eigenvalue weighted by molar-refractivity contribution is -0.122. The van der Waals surface area contributed by atoms with Crippen molar-refractivity contribution in [1.29, 1.82) is 0 Å². The molecule has 0 saturated carbocycles. The van der Waals surface area contributed by atoms with Crippen LogP contribution in [-0.4, -0.2) is 28.9 Å². The fraction of sp³-hybridized carbons (Fsp3) is 0.385. The molecule has 2 unspecified atom stereocenters. The van der Waals surface area contributed by atoms with Crippen molar-refractivity contribution >= 4 is 18.0 Å². The molecule has 0 spiro atoms. The van der Waals surface area contributed by atoms with Gasteiger partial charge in [0.2, 0.25) is 0 Å². The van der Waals surface area contributed by atoms with E-state index in [2.05, 4.69) is 18.2 Å². The molecule has 1 aliphatic carbocycles. The van der Waals surface area contributed by atoms with E-state index >= 15 is 0 Å². The molecule has 2 heterocycles. The van der Waals surface area contributed by atoms with Crippen LogP contribution in [0.4, 0.5) is 4.79 Å². The number of rotatable bonds is 4. The third-order valence-electron chi connectivity index (χ3n) is 6.84. The second kappa shape index (κ2) is 8.10. The molecule has 0 N–H and O–H groups in total. The molecule has 1 amide bonds. The summed E-state index contributed by atoms with van der Waals surface area (Å²) >= 11 is 0. The number of carbonyl (C=O) groups is 2. The minimum absolute atomic E-state index is 0.0130. The molecule has 2 bridgehead atoms. The predicted molar refractivity (Wildman–Crippen MR) is 116 cm³/mol. The van der Waals surface area contributed by atoms with Gasteiger partial charge < -0.3 is 9.64 Å². The van der Waals surface area contributed by atoms with Crippen LogP contribution in [0, 0.1) is 5.92 Å². The van der Waals surface area contributed by atoms with E-state index in [1.165, 1.54) is 11.1 Å². The number of carbonyl (C=O) groups excluding carboxylic acids is 2. The van der Waals surface area contributed by atoms with Crippen molar-refractivity contribution in [3.8, 4) is 0 Å². The molecule has 3 aliphatic rings. The average Bonchev–Trinajstić information content (AvgIpc) is 3.21. The summed E-state index contributed by atoms with van der Waals surface area (Å²) in [5.41, 5.74) is 4.33. The van der Waals surface area contributed by atoms with Gasteiger partial charge in [-0.05, 0) is 54.9 Å². The largest absolute Gasteiger partial charge is 0.445 e. The number of benzene rings is 2. The first kappa shape index (κ1) is 19.1. The lowest BCUT2D eigenvalue weighted by Crippen LogP contribution is -2.55. The van der Waals surface area contributed by atoms with Gasteiger partial charge in [0.1, 0.15) is 6.61 Å².